The first-order valence-electron chi connectivity index (χ1n) is 29.6. The molecule has 23 heteroatoms. The van der Waals surface area contributed by atoms with Crippen molar-refractivity contribution in [2.75, 3.05) is 40.9 Å². The third-order valence-electron chi connectivity index (χ3n) is 16.5. The number of carbonyl (C=O) groups is 10. The second kappa shape index (κ2) is 29.6. The zero-order valence-electron chi connectivity index (χ0n) is 51.4. The number of hydrogen-bond acceptors (Lipinski definition) is 16. The minimum atomic E-state index is -1.77. The normalized spacial score (nSPS) is 30.2. The fourth-order valence-corrected chi connectivity index (χ4v) is 11.4. The number of ether oxygens (including phenoxy) is 5. The first-order chi connectivity index (χ1) is 38.9. The molecule has 0 aliphatic carbocycles. The van der Waals surface area contributed by atoms with Crippen molar-refractivity contribution in [2.45, 2.75) is 213 Å². The van der Waals surface area contributed by atoms with E-state index < -0.39 is 150 Å². The Morgan fingerprint density at radius 3 is 2.11 bits per heavy atom. The number of benzene rings is 1. The van der Waals surface area contributed by atoms with Crippen molar-refractivity contribution in [2.24, 2.45) is 29.6 Å². The maximum absolute atomic E-state index is 15.1. The summed E-state index contributed by atoms with van der Waals surface area (Å²) >= 11 is 0. The molecule has 4 saturated heterocycles. The average molecular weight is 1170 g/mol. The van der Waals surface area contributed by atoms with Crippen LogP contribution >= 0.6 is 0 Å². The Morgan fingerprint density at radius 1 is 0.880 bits per heavy atom. The second-order valence-corrected chi connectivity index (χ2v) is 24.4. The molecule has 2 unspecified atom stereocenters. The maximum Gasteiger partial charge on any atom is 0.329 e. The Balaban J connectivity index is 1.60. The van der Waals surface area contributed by atoms with Gasteiger partial charge in [0, 0.05) is 33.6 Å². The highest BCUT2D eigenvalue weighted by atomic mass is 16.7. The van der Waals surface area contributed by atoms with Crippen LogP contribution in [0.25, 0.3) is 0 Å². The van der Waals surface area contributed by atoms with Crippen LogP contribution < -0.4 is 20.7 Å². The maximum atomic E-state index is 15.1. The van der Waals surface area contributed by atoms with Gasteiger partial charge in [0.1, 0.15) is 48.1 Å². The molecule has 5 rings (SSSR count). The summed E-state index contributed by atoms with van der Waals surface area (Å²) < 4.78 is 28.9. The van der Waals surface area contributed by atoms with Crippen LogP contribution in [0.3, 0.4) is 0 Å². The number of ketones is 1. The topological polar surface area (TPSA) is 286 Å². The first kappa shape index (κ1) is 67.6. The molecule has 0 spiro atoms. The van der Waals surface area contributed by atoms with Gasteiger partial charge in [-0.1, -0.05) is 73.9 Å². The molecular weight excluding hydrogens is 1070 g/mol. The van der Waals surface area contributed by atoms with Gasteiger partial charge < -0.3 is 64.3 Å². The Labute approximate surface area is 489 Å². The van der Waals surface area contributed by atoms with Crippen molar-refractivity contribution in [3.8, 4) is 5.75 Å². The van der Waals surface area contributed by atoms with Gasteiger partial charge in [-0.3, -0.25) is 43.2 Å². The van der Waals surface area contributed by atoms with E-state index in [4.69, 9.17) is 23.7 Å². The molecule has 23 nitrogen and oxygen atoms in total. The predicted molar refractivity (Wildman–Crippen MR) is 303 cm³/mol. The highest BCUT2D eigenvalue weighted by Crippen LogP contribution is 2.32. The van der Waals surface area contributed by atoms with Crippen LogP contribution in [0.1, 0.15) is 140 Å². The molecule has 1 aromatic rings. The van der Waals surface area contributed by atoms with Crippen LogP contribution in [0.5, 0.6) is 5.75 Å². The van der Waals surface area contributed by atoms with Crippen molar-refractivity contribution in [1.29, 1.82) is 0 Å². The lowest BCUT2D eigenvalue weighted by Crippen LogP contribution is -2.62. The number of likely N-dealkylation sites (tertiary alicyclic amines) is 1. The standard InChI is InChI=1S/C60H93N7O16/c1-16-35(8)48-46(68)30-47(69)82-51(34(6)7)50(70)37(10)52(71)61-41(27-32(2)3)55(74)66-25-17-19-42(66)56(75)65(14)45(29-39-21-23-40(79-15)24-22-39)58(77)81-38(11)49(54(73)62-48)63-53(72)44(28-33(4)5)64(13)57(76)43-20-18-26-67(43)59(78)60(12)80-31-36(9)83-60/h21-24,32-38,41-46,48-49,51,68H,16-20,25-31H2,1-15H3,(H,61,71)(H,62,73)(H,63,72)/t35-,36?,37-,38+,41-,42-,43-,44+,45-,46-,48-,49-,51-,60?/m0/s1. The molecule has 7 amide bonds. The van der Waals surface area contributed by atoms with Gasteiger partial charge in [0.15, 0.2) is 11.9 Å². The summed E-state index contributed by atoms with van der Waals surface area (Å²) in [4.78, 5) is 151. The van der Waals surface area contributed by atoms with E-state index in [1.54, 1.807) is 58.9 Å². The average Bonchev–Trinajstić information content (AvgIpc) is 3.67. The number of nitrogens with one attached hydrogen (secondary N) is 3. The summed E-state index contributed by atoms with van der Waals surface area (Å²) in [7, 11) is 4.34. The van der Waals surface area contributed by atoms with Crippen molar-refractivity contribution in [1.82, 2.24) is 35.6 Å². The predicted octanol–water partition coefficient (Wildman–Crippen LogP) is 3.09. The van der Waals surface area contributed by atoms with Gasteiger partial charge in [-0.2, -0.15) is 0 Å². The number of amides is 7. The summed E-state index contributed by atoms with van der Waals surface area (Å²) in [6.45, 7) is 20.7. The van der Waals surface area contributed by atoms with E-state index in [2.05, 4.69) is 16.0 Å². The fraction of sp³-hybridized carbons (Fsp3) is 0.733. The quantitative estimate of drug-likeness (QED) is 0.145. The number of likely N-dealkylation sites (N-methyl/N-ethyl adjacent to an activating group) is 2. The van der Waals surface area contributed by atoms with E-state index >= 15 is 14.4 Å². The van der Waals surface area contributed by atoms with Crippen LogP contribution in [-0.2, 0) is 73.3 Å². The zero-order chi connectivity index (χ0) is 61.9. The highest BCUT2D eigenvalue weighted by Gasteiger charge is 2.51. The van der Waals surface area contributed by atoms with E-state index in [9.17, 15) is 38.7 Å². The molecule has 14 atom stereocenters. The third-order valence-corrected chi connectivity index (χ3v) is 16.5. The lowest BCUT2D eigenvalue weighted by molar-refractivity contribution is -0.193. The molecule has 464 valence electrons. The largest absolute Gasteiger partial charge is 0.497 e. The van der Waals surface area contributed by atoms with E-state index in [0.29, 0.717) is 30.6 Å². The molecule has 83 heavy (non-hydrogen) atoms. The number of Topliss-reactive ketones (excluding diaryl/α,β-unsaturated/α-hetero) is 1. The summed E-state index contributed by atoms with van der Waals surface area (Å²) in [5.74, 6) is -11.7. The second-order valence-electron chi connectivity index (χ2n) is 24.4. The van der Waals surface area contributed by atoms with Crippen LogP contribution in [0, 0.1) is 29.6 Å². The number of esters is 2. The van der Waals surface area contributed by atoms with Gasteiger partial charge in [-0.25, -0.2) is 4.79 Å². The number of cyclic esters (lactones) is 2. The number of aliphatic hydroxyl groups is 1. The zero-order valence-corrected chi connectivity index (χ0v) is 51.4. The van der Waals surface area contributed by atoms with Crippen molar-refractivity contribution >= 4 is 59.1 Å². The number of methoxy groups -OCH3 is 1. The number of fused-ring (bicyclic) bond motifs is 1. The van der Waals surface area contributed by atoms with Gasteiger partial charge >= 0.3 is 11.9 Å². The van der Waals surface area contributed by atoms with Crippen LogP contribution in [0.15, 0.2) is 24.3 Å². The fourth-order valence-electron chi connectivity index (χ4n) is 11.4. The van der Waals surface area contributed by atoms with Crippen molar-refractivity contribution in [3.63, 3.8) is 0 Å². The van der Waals surface area contributed by atoms with Gasteiger partial charge in [0.05, 0.1) is 44.3 Å². The number of hydrogen-bond donors (Lipinski definition) is 4. The van der Waals surface area contributed by atoms with Crippen molar-refractivity contribution in [3.05, 3.63) is 29.8 Å². The summed E-state index contributed by atoms with van der Waals surface area (Å²) in [5.41, 5.74) is 0.574. The van der Waals surface area contributed by atoms with E-state index in [-0.39, 0.29) is 69.7 Å². The first-order valence-corrected chi connectivity index (χ1v) is 29.6. The van der Waals surface area contributed by atoms with Gasteiger partial charge in [-0.05, 0) is 108 Å². The number of rotatable bonds is 15. The molecule has 4 fully saturated rings. The van der Waals surface area contributed by atoms with E-state index in [0.717, 1.165) is 0 Å². The summed E-state index contributed by atoms with van der Waals surface area (Å²) in [6, 6.07) is -2.17. The van der Waals surface area contributed by atoms with E-state index in [1.807, 2.05) is 27.7 Å². The number of aliphatic hydroxyl groups excluding tert-OH is 1. The minimum absolute atomic E-state index is 0.0770. The van der Waals surface area contributed by atoms with E-state index in [1.165, 1.54) is 61.6 Å². The van der Waals surface area contributed by atoms with Gasteiger partial charge in [0.2, 0.25) is 41.2 Å². The Bertz CT molecular complexity index is 2490. The van der Waals surface area contributed by atoms with Gasteiger partial charge in [-0.15, -0.1) is 0 Å². The lowest BCUT2D eigenvalue weighted by Gasteiger charge is -2.37. The molecule has 4 aliphatic rings. The SMILES string of the molecule is CC[C@H](C)[C@@H]1NC(=O)[C@@H](NC(=O)[C@@H](CC(C)C)N(C)C(=O)[C@@H]2CCCN2C(=O)C2(C)OCC(C)O2)[C@@H](C)OC(=O)[C@H](Cc2ccc(OC)cc2)N(C)C(=O)[C@@H]2CCCN2C(=O)[C@H](CC(C)C)NC(=O)[C@@H](C)C(=O)[C@H](C(C)C)OC(=O)C[C@@H]1O. The molecule has 1 aromatic carbocycles. The Morgan fingerprint density at radius 2 is 1.53 bits per heavy atom. The highest BCUT2D eigenvalue weighted by molar-refractivity contribution is 6.05. The van der Waals surface area contributed by atoms with Crippen LogP contribution in [-0.4, -0.2) is 197 Å². The van der Waals surface area contributed by atoms with Crippen LogP contribution in [0.4, 0.5) is 0 Å². The Kier molecular flexibility index (Phi) is 24.1. The summed E-state index contributed by atoms with van der Waals surface area (Å²) in [6.07, 6.45) is -3.94. The smallest absolute Gasteiger partial charge is 0.329 e. The monoisotopic (exact) mass is 1170 g/mol. The molecule has 4 heterocycles. The minimum Gasteiger partial charge on any atom is -0.497 e. The van der Waals surface area contributed by atoms with Crippen molar-refractivity contribution < 1.29 is 76.7 Å². The lowest BCUT2D eigenvalue weighted by atomic mass is 9.91. The molecule has 0 bridgehead atoms. The number of nitrogens with zero attached hydrogens (tertiary/aromatic N) is 4. The molecule has 0 aromatic heterocycles. The molecular formula is C60H93N7O16. The summed E-state index contributed by atoms with van der Waals surface area (Å²) in [5, 5.41) is 20.2. The Hall–Kier alpha value is -6.20. The third kappa shape index (κ3) is 16.8. The number of carbonyl (C=O) groups excluding carboxylic acids is 10. The molecule has 0 saturated carbocycles. The van der Waals surface area contributed by atoms with Gasteiger partial charge in [0.25, 0.3) is 5.91 Å². The molecule has 0 radical (unpaired) electrons. The molecule has 4 N–H and O–H groups in total. The molecule has 4 aliphatic heterocycles. The van der Waals surface area contributed by atoms with Crippen LogP contribution in [0.2, 0.25) is 0 Å².